The number of amides is 1. The van der Waals surface area contributed by atoms with E-state index in [-0.39, 0.29) is 25.7 Å². The Labute approximate surface area is 322 Å². The van der Waals surface area contributed by atoms with E-state index in [1.807, 2.05) is 0 Å². The van der Waals surface area contributed by atoms with Gasteiger partial charge in [-0.15, -0.1) is 0 Å². The quantitative estimate of drug-likeness (QED) is 0.0359. The van der Waals surface area contributed by atoms with Gasteiger partial charge < -0.3 is 21.1 Å². The fraction of sp³-hybridized carbons (Fsp3) is 0.977. The molecule has 52 heavy (non-hydrogen) atoms. The predicted molar refractivity (Wildman–Crippen MR) is 222 cm³/mol. The van der Waals surface area contributed by atoms with Crippen LogP contribution in [0.1, 0.15) is 239 Å². The third-order valence-electron chi connectivity index (χ3n) is 10.5. The standard InChI is InChI=1S/C43H89N2O6P/c1-3-5-7-9-11-13-15-17-18-19-20-21-22-23-25-27-29-31-33-35-37-43(47)45-41(40-51-52(48,49)50-39-38-44)42(46)36-34-32-30-28-26-24-16-14-12-10-8-6-4-2/h41-42,46H,3-40,44H2,1-2H3,(H,45,47)(H,48,49)/t41-,42+/m0/s1. The summed E-state index contributed by atoms with van der Waals surface area (Å²) < 4.78 is 22.2. The maximum Gasteiger partial charge on any atom is 0.472 e. The van der Waals surface area contributed by atoms with Gasteiger partial charge in [0.1, 0.15) is 0 Å². The van der Waals surface area contributed by atoms with Crippen molar-refractivity contribution in [3.8, 4) is 0 Å². The first-order valence-electron chi connectivity index (χ1n) is 22.7. The van der Waals surface area contributed by atoms with Gasteiger partial charge in [-0.25, -0.2) is 4.57 Å². The van der Waals surface area contributed by atoms with Crippen LogP contribution >= 0.6 is 7.82 Å². The van der Waals surface area contributed by atoms with Crippen LogP contribution in [0.4, 0.5) is 0 Å². The summed E-state index contributed by atoms with van der Waals surface area (Å²) in [6.07, 6.45) is 42.5. The van der Waals surface area contributed by atoms with Crippen molar-refractivity contribution in [3.05, 3.63) is 0 Å². The number of unbranched alkanes of at least 4 members (excludes halogenated alkanes) is 31. The molecule has 1 amide bonds. The second-order valence-corrected chi connectivity index (χ2v) is 17.1. The van der Waals surface area contributed by atoms with Crippen molar-refractivity contribution in [3.63, 3.8) is 0 Å². The number of nitrogens with two attached hydrogens (primary N) is 1. The molecule has 0 aromatic rings. The number of rotatable bonds is 43. The van der Waals surface area contributed by atoms with Gasteiger partial charge in [-0.3, -0.25) is 13.8 Å². The summed E-state index contributed by atoms with van der Waals surface area (Å²) in [5.41, 5.74) is 5.38. The van der Waals surface area contributed by atoms with Crippen molar-refractivity contribution in [1.82, 2.24) is 5.32 Å². The lowest BCUT2D eigenvalue weighted by atomic mass is 10.0. The van der Waals surface area contributed by atoms with Gasteiger partial charge in [-0.1, -0.05) is 219 Å². The number of carbonyl (C=O) groups is 1. The van der Waals surface area contributed by atoms with E-state index in [0.717, 1.165) is 38.5 Å². The van der Waals surface area contributed by atoms with Crippen LogP contribution in [0.25, 0.3) is 0 Å². The number of carbonyl (C=O) groups excluding carboxylic acids is 1. The molecule has 1 unspecified atom stereocenters. The number of hydrogen-bond donors (Lipinski definition) is 4. The second kappa shape index (κ2) is 40.2. The maximum absolute atomic E-state index is 12.8. The van der Waals surface area contributed by atoms with Crippen molar-refractivity contribution in [1.29, 1.82) is 0 Å². The molecule has 0 rings (SSSR count). The molecule has 0 aliphatic carbocycles. The Kier molecular flexibility index (Phi) is 39.8. The third-order valence-corrected chi connectivity index (χ3v) is 11.4. The van der Waals surface area contributed by atoms with E-state index in [2.05, 4.69) is 19.2 Å². The third kappa shape index (κ3) is 37.8. The number of aliphatic hydroxyl groups excluding tert-OH is 1. The monoisotopic (exact) mass is 761 g/mol. The van der Waals surface area contributed by atoms with Gasteiger partial charge in [0.25, 0.3) is 0 Å². The van der Waals surface area contributed by atoms with E-state index < -0.39 is 20.0 Å². The minimum atomic E-state index is -4.31. The molecular formula is C43H89N2O6P. The summed E-state index contributed by atoms with van der Waals surface area (Å²) in [5, 5.41) is 13.8. The van der Waals surface area contributed by atoms with Gasteiger partial charge in [-0.05, 0) is 12.8 Å². The lowest BCUT2D eigenvalue weighted by molar-refractivity contribution is -0.123. The lowest BCUT2D eigenvalue weighted by Crippen LogP contribution is -2.46. The molecule has 8 nitrogen and oxygen atoms in total. The van der Waals surface area contributed by atoms with E-state index in [9.17, 15) is 19.4 Å². The van der Waals surface area contributed by atoms with E-state index in [0.29, 0.717) is 12.8 Å². The lowest BCUT2D eigenvalue weighted by Gasteiger charge is -2.25. The smallest absolute Gasteiger partial charge is 0.391 e. The molecule has 5 N–H and O–H groups in total. The Morgan fingerprint density at radius 2 is 0.885 bits per heavy atom. The highest BCUT2D eigenvalue weighted by atomic mass is 31.2. The van der Waals surface area contributed by atoms with Gasteiger partial charge in [0, 0.05) is 13.0 Å². The highest BCUT2D eigenvalue weighted by Gasteiger charge is 2.27. The summed E-state index contributed by atoms with van der Waals surface area (Å²) in [7, 11) is -4.31. The average Bonchev–Trinajstić information content (AvgIpc) is 3.13. The molecule has 0 saturated heterocycles. The van der Waals surface area contributed by atoms with Gasteiger partial charge in [0.05, 0.1) is 25.4 Å². The van der Waals surface area contributed by atoms with Crippen LogP contribution in [0.3, 0.4) is 0 Å². The van der Waals surface area contributed by atoms with Crippen LogP contribution in [0.2, 0.25) is 0 Å². The van der Waals surface area contributed by atoms with Gasteiger partial charge in [0.15, 0.2) is 0 Å². The van der Waals surface area contributed by atoms with E-state index in [4.69, 9.17) is 14.8 Å². The van der Waals surface area contributed by atoms with Gasteiger partial charge >= 0.3 is 7.82 Å². The van der Waals surface area contributed by atoms with Gasteiger partial charge in [-0.2, -0.15) is 0 Å². The highest BCUT2D eigenvalue weighted by molar-refractivity contribution is 7.47. The largest absolute Gasteiger partial charge is 0.472 e. The molecule has 0 bridgehead atoms. The first-order valence-corrected chi connectivity index (χ1v) is 24.1. The summed E-state index contributed by atoms with van der Waals surface area (Å²) in [6.45, 7) is 4.24. The highest BCUT2D eigenvalue weighted by Crippen LogP contribution is 2.43. The predicted octanol–water partition coefficient (Wildman–Crippen LogP) is 12.6. The molecule has 0 aliphatic heterocycles. The van der Waals surface area contributed by atoms with Crippen molar-refractivity contribution >= 4 is 13.7 Å². The van der Waals surface area contributed by atoms with Crippen LogP contribution in [-0.2, 0) is 18.4 Å². The molecule has 0 fully saturated rings. The Bertz CT molecular complexity index is 789. The molecule has 0 heterocycles. The molecule has 0 aromatic carbocycles. The molecule has 3 atom stereocenters. The maximum atomic E-state index is 12.8. The van der Waals surface area contributed by atoms with E-state index in [1.165, 1.54) is 173 Å². The zero-order valence-electron chi connectivity index (χ0n) is 34.6. The van der Waals surface area contributed by atoms with Crippen molar-refractivity contribution in [2.24, 2.45) is 5.73 Å². The minimum absolute atomic E-state index is 0.0925. The van der Waals surface area contributed by atoms with Crippen LogP contribution < -0.4 is 11.1 Å². The molecule has 0 aliphatic rings. The summed E-state index contributed by atoms with van der Waals surface area (Å²) in [6, 6.07) is -0.767. The second-order valence-electron chi connectivity index (χ2n) is 15.6. The Morgan fingerprint density at radius 3 is 1.23 bits per heavy atom. The zero-order valence-corrected chi connectivity index (χ0v) is 35.5. The van der Waals surface area contributed by atoms with Crippen molar-refractivity contribution in [2.45, 2.75) is 251 Å². The minimum Gasteiger partial charge on any atom is -0.391 e. The first-order chi connectivity index (χ1) is 25.4. The zero-order chi connectivity index (χ0) is 38.2. The van der Waals surface area contributed by atoms with Crippen LogP contribution in [0.5, 0.6) is 0 Å². The SMILES string of the molecule is CCCCCCCCCCCCCCCCCCCCCCC(=O)N[C@@H](COP(=O)(O)OCCN)[C@H](O)CCCCCCCCCCCCCCC. The van der Waals surface area contributed by atoms with Crippen LogP contribution in [0, 0.1) is 0 Å². The molecule has 0 radical (unpaired) electrons. The molecule has 0 saturated carbocycles. The van der Waals surface area contributed by atoms with Gasteiger partial charge in [0.2, 0.25) is 5.91 Å². The molecular weight excluding hydrogens is 671 g/mol. The fourth-order valence-electron chi connectivity index (χ4n) is 7.02. The normalized spacial score (nSPS) is 14.0. The van der Waals surface area contributed by atoms with E-state index in [1.54, 1.807) is 0 Å². The summed E-state index contributed by atoms with van der Waals surface area (Å²) >= 11 is 0. The fourth-order valence-corrected chi connectivity index (χ4v) is 7.78. The Balaban J connectivity index is 4.05. The van der Waals surface area contributed by atoms with Crippen molar-refractivity contribution in [2.75, 3.05) is 19.8 Å². The van der Waals surface area contributed by atoms with Crippen molar-refractivity contribution < 1.29 is 28.4 Å². The number of hydrogen-bond acceptors (Lipinski definition) is 6. The average molecular weight is 761 g/mol. The summed E-state index contributed by atoms with van der Waals surface area (Å²) in [4.78, 5) is 22.7. The molecule has 312 valence electrons. The van der Waals surface area contributed by atoms with E-state index >= 15 is 0 Å². The number of phosphoric acid groups is 1. The molecule has 0 spiro atoms. The molecule has 0 aromatic heterocycles. The van der Waals surface area contributed by atoms with Crippen LogP contribution in [0.15, 0.2) is 0 Å². The molecule has 9 heteroatoms. The number of nitrogens with one attached hydrogen (secondary N) is 1. The number of phosphoric ester groups is 1. The first kappa shape index (κ1) is 51.5. The topological polar surface area (TPSA) is 131 Å². The summed E-state index contributed by atoms with van der Waals surface area (Å²) in [5.74, 6) is -0.156. The van der Waals surface area contributed by atoms with Crippen LogP contribution in [-0.4, -0.2) is 47.8 Å². The Hall–Kier alpha value is -0.500. The Morgan fingerprint density at radius 1 is 0.558 bits per heavy atom. The number of aliphatic hydroxyl groups is 1.